The average Bonchev–Trinajstić information content (AvgIpc) is 2.54. The van der Waals surface area contributed by atoms with Gasteiger partial charge in [0.25, 0.3) is 0 Å². The summed E-state index contributed by atoms with van der Waals surface area (Å²) in [4.78, 5) is 10.3. The molecule has 0 aliphatic heterocycles. The van der Waals surface area contributed by atoms with Gasteiger partial charge < -0.3 is 10.2 Å². The van der Waals surface area contributed by atoms with E-state index in [0.29, 0.717) is 0 Å². The van der Waals surface area contributed by atoms with Crippen molar-refractivity contribution >= 4 is 26.0 Å². The fourth-order valence-corrected chi connectivity index (χ4v) is 4.67. The van der Waals surface area contributed by atoms with Gasteiger partial charge in [-0.2, -0.15) is 4.31 Å². The highest BCUT2D eigenvalue weighted by Gasteiger charge is 2.32. The Labute approximate surface area is 147 Å². The third kappa shape index (κ3) is 4.98. The highest BCUT2D eigenvalue weighted by molar-refractivity contribution is 7.90. The number of aliphatic carboxylic acids is 1. The van der Waals surface area contributed by atoms with E-state index in [4.69, 9.17) is 5.11 Å². The molecule has 25 heavy (non-hydrogen) atoms. The lowest BCUT2D eigenvalue weighted by Crippen LogP contribution is -2.46. The Balaban J connectivity index is 3.18. The van der Waals surface area contributed by atoms with Crippen LogP contribution in [0.4, 0.5) is 0 Å². The average molecular weight is 394 g/mol. The number of hydrogen-bond donors (Lipinski definition) is 3. The number of carboxylic acid groups (broad SMARTS) is 1. The Morgan fingerprint density at radius 1 is 1.16 bits per heavy atom. The maximum atomic E-state index is 12.5. The molecule has 0 bridgehead atoms. The van der Waals surface area contributed by atoms with Crippen LogP contribution in [0.15, 0.2) is 34.1 Å². The van der Waals surface area contributed by atoms with Crippen molar-refractivity contribution in [3.8, 4) is 0 Å². The molecule has 0 radical (unpaired) electrons. The number of sulfonamides is 2. The highest BCUT2D eigenvalue weighted by atomic mass is 32.2. The van der Waals surface area contributed by atoms with E-state index in [2.05, 4.69) is 0 Å². The summed E-state index contributed by atoms with van der Waals surface area (Å²) in [6, 6.07) is 4.73. The van der Waals surface area contributed by atoms with E-state index in [1.165, 1.54) is 22.5 Å². The minimum Gasteiger partial charge on any atom is -0.479 e. The maximum Gasteiger partial charge on any atom is 0.336 e. The summed E-state index contributed by atoms with van der Waals surface area (Å²) in [7, 11) is -8.05. The van der Waals surface area contributed by atoms with Crippen LogP contribution in [0.2, 0.25) is 0 Å². The van der Waals surface area contributed by atoms with Gasteiger partial charge in [-0.05, 0) is 25.1 Å². The summed E-state index contributed by atoms with van der Waals surface area (Å²) in [6.45, 7) is 3.97. The third-order valence-electron chi connectivity index (χ3n) is 3.53. The number of rotatable bonds is 9. The molecule has 0 aliphatic rings. The van der Waals surface area contributed by atoms with Gasteiger partial charge in [-0.15, -0.1) is 0 Å². The molecular formula is C14H22N2O7S2. The van der Waals surface area contributed by atoms with Crippen LogP contribution in [-0.4, -0.2) is 62.6 Å². The van der Waals surface area contributed by atoms with Crippen molar-refractivity contribution in [2.24, 2.45) is 0 Å². The van der Waals surface area contributed by atoms with E-state index in [1.54, 1.807) is 13.8 Å². The molecule has 0 fully saturated rings. The first-order valence-electron chi connectivity index (χ1n) is 7.44. The number of carboxylic acids is 1. The number of aliphatic hydroxyl groups is 1. The van der Waals surface area contributed by atoms with Gasteiger partial charge in [0.2, 0.25) is 20.0 Å². The standard InChI is InChI=1S/C14H22N2O7S2/c1-4-16(5-2)25(22,23)12-8-6-7-11(9-12)24(20,21)15-10-14(3,19)13(17)18/h6-9,15,19H,4-5,10H2,1-3H3,(H,17,18). The van der Waals surface area contributed by atoms with Gasteiger partial charge in [-0.3, -0.25) is 0 Å². The Hall–Kier alpha value is -1.53. The molecule has 0 saturated carbocycles. The van der Waals surface area contributed by atoms with Crippen molar-refractivity contribution in [1.82, 2.24) is 9.03 Å². The molecule has 1 unspecified atom stereocenters. The Bertz CT molecular complexity index is 828. The van der Waals surface area contributed by atoms with Crippen molar-refractivity contribution in [3.63, 3.8) is 0 Å². The maximum absolute atomic E-state index is 12.5. The van der Waals surface area contributed by atoms with Gasteiger partial charge in [0.15, 0.2) is 5.60 Å². The zero-order valence-electron chi connectivity index (χ0n) is 14.1. The Kier molecular flexibility index (Phi) is 6.70. The van der Waals surface area contributed by atoms with Crippen LogP contribution in [0, 0.1) is 0 Å². The summed E-state index contributed by atoms with van der Waals surface area (Å²) in [5.41, 5.74) is -2.29. The summed E-state index contributed by atoms with van der Waals surface area (Å²) in [5.74, 6) is -1.59. The minimum absolute atomic E-state index is 0.191. The number of carbonyl (C=O) groups is 1. The van der Waals surface area contributed by atoms with Crippen molar-refractivity contribution in [3.05, 3.63) is 24.3 Å². The molecule has 0 spiro atoms. The van der Waals surface area contributed by atoms with Crippen molar-refractivity contribution in [2.45, 2.75) is 36.2 Å². The molecule has 0 aromatic heterocycles. The van der Waals surface area contributed by atoms with Gasteiger partial charge in [0.05, 0.1) is 16.3 Å². The number of nitrogens with zero attached hydrogens (tertiary/aromatic N) is 1. The van der Waals surface area contributed by atoms with Crippen LogP contribution in [0.5, 0.6) is 0 Å². The first-order valence-corrected chi connectivity index (χ1v) is 10.4. The molecule has 9 nitrogen and oxygen atoms in total. The summed E-state index contributed by atoms with van der Waals surface area (Å²) in [5, 5.41) is 18.4. The lowest BCUT2D eigenvalue weighted by atomic mass is 10.1. The molecule has 11 heteroatoms. The summed E-state index contributed by atoms with van der Waals surface area (Å²) in [6.07, 6.45) is 0. The topological polar surface area (TPSA) is 141 Å². The third-order valence-corrected chi connectivity index (χ3v) is 6.97. The molecule has 0 saturated heterocycles. The second-order valence-electron chi connectivity index (χ2n) is 5.47. The van der Waals surface area contributed by atoms with Gasteiger partial charge in [-0.1, -0.05) is 19.9 Å². The van der Waals surface area contributed by atoms with Gasteiger partial charge in [-0.25, -0.2) is 26.4 Å². The van der Waals surface area contributed by atoms with Gasteiger partial charge in [0.1, 0.15) is 0 Å². The molecule has 1 rings (SSSR count). The molecule has 0 amide bonds. The molecular weight excluding hydrogens is 372 g/mol. The van der Waals surface area contributed by atoms with Crippen LogP contribution >= 0.6 is 0 Å². The molecule has 1 atom stereocenters. The van der Waals surface area contributed by atoms with E-state index in [0.717, 1.165) is 13.0 Å². The smallest absolute Gasteiger partial charge is 0.336 e. The lowest BCUT2D eigenvalue weighted by Gasteiger charge is -2.20. The largest absolute Gasteiger partial charge is 0.479 e. The number of nitrogens with one attached hydrogen (secondary N) is 1. The summed E-state index contributed by atoms with van der Waals surface area (Å²) >= 11 is 0. The van der Waals surface area contributed by atoms with Crippen LogP contribution in [0.1, 0.15) is 20.8 Å². The molecule has 1 aromatic rings. The van der Waals surface area contributed by atoms with Crippen LogP contribution in [-0.2, 0) is 24.8 Å². The molecule has 0 heterocycles. The minimum atomic E-state index is -4.21. The monoisotopic (exact) mass is 394 g/mol. The summed E-state index contributed by atoms with van der Waals surface area (Å²) < 4.78 is 52.6. The van der Waals surface area contributed by atoms with Gasteiger partial charge in [0, 0.05) is 13.1 Å². The number of hydrogen-bond acceptors (Lipinski definition) is 6. The first kappa shape index (κ1) is 21.5. The zero-order chi connectivity index (χ0) is 19.5. The van der Waals surface area contributed by atoms with E-state index in [9.17, 15) is 26.7 Å². The highest BCUT2D eigenvalue weighted by Crippen LogP contribution is 2.19. The van der Waals surface area contributed by atoms with E-state index in [1.807, 2.05) is 4.72 Å². The van der Waals surface area contributed by atoms with E-state index < -0.39 is 38.2 Å². The first-order chi connectivity index (χ1) is 11.4. The fraction of sp³-hybridized carbons (Fsp3) is 0.500. The molecule has 1 aromatic carbocycles. The normalized spacial score (nSPS) is 15.1. The fourth-order valence-electron chi connectivity index (χ4n) is 1.91. The van der Waals surface area contributed by atoms with Crippen molar-refractivity contribution in [1.29, 1.82) is 0 Å². The predicted octanol–water partition coefficient (Wildman–Crippen LogP) is -0.169. The second kappa shape index (κ2) is 7.79. The van der Waals surface area contributed by atoms with Crippen LogP contribution < -0.4 is 4.72 Å². The van der Waals surface area contributed by atoms with Gasteiger partial charge >= 0.3 is 5.97 Å². The predicted molar refractivity (Wildman–Crippen MR) is 90.0 cm³/mol. The Morgan fingerprint density at radius 3 is 2.16 bits per heavy atom. The molecule has 0 aliphatic carbocycles. The second-order valence-corrected chi connectivity index (χ2v) is 9.17. The van der Waals surface area contributed by atoms with E-state index in [-0.39, 0.29) is 22.9 Å². The molecule has 142 valence electrons. The zero-order valence-corrected chi connectivity index (χ0v) is 15.8. The van der Waals surface area contributed by atoms with Crippen LogP contribution in [0.25, 0.3) is 0 Å². The Morgan fingerprint density at radius 2 is 1.68 bits per heavy atom. The van der Waals surface area contributed by atoms with E-state index >= 15 is 0 Å². The van der Waals surface area contributed by atoms with Crippen molar-refractivity contribution < 1.29 is 31.8 Å². The lowest BCUT2D eigenvalue weighted by molar-refractivity contribution is -0.155. The van der Waals surface area contributed by atoms with Crippen LogP contribution in [0.3, 0.4) is 0 Å². The SMILES string of the molecule is CCN(CC)S(=O)(=O)c1cccc(S(=O)(=O)NCC(C)(O)C(=O)O)c1. The quantitative estimate of drug-likeness (QED) is 0.528. The van der Waals surface area contributed by atoms with Crippen molar-refractivity contribution in [2.75, 3.05) is 19.6 Å². The number of benzene rings is 1. The molecule has 3 N–H and O–H groups in total.